The van der Waals surface area contributed by atoms with Crippen molar-refractivity contribution in [2.24, 2.45) is 7.05 Å². The van der Waals surface area contributed by atoms with E-state index < -0.39 is 40.9 Å². The molecule has 3 atom stereocenters. The number of methoxy groups -OCH3 is 1. The van der Waals surface area contributed by atoms with Crippen LogP contribution in [0, 0.1) is 0 Å². The van der Waals surface area contributed by atoms with Gasteiger partial charge in [-0.15, -0.1) is 0 Å². The van der Waals surface area contributed by atoms with Crippen LogP contribution in [0.1, 0.15) is 98.7 Å². The first-order valence-corrected chi connectivity index (χ1v) is 19.0. The molecule has 13 heteroatoms. The molecule has 2 aliphatic rings. The van der Waals surface area contributed by atoms with Gasteiger partial charge in [0.05, 0.1) is 18.4 Å². The molecule has 0 radical (unpaired) electrons. The van der Waals surface area contributed by atoms with Crippen LogP contribution in [-0.2, 0) is 36.3 Å². The molecule has 0 spiro atoms. The lowest BCUT2D eigenvalue weighted by atomic mass is 9.62. The fourth-order valence-electron chi connectivity index (χ4n) is 7.64. The van der Waals surface area contributed by atoms with E-state index in [2.05, 4.69) is 16.0 Å². The first-order chi connectivity index (χ1) is 26.2. The summed E-state index contributed by atoms with van der Waals surface area (Å²) < 4.78 is 11.8. The Balaban J connectivity index is 1.30. The average molecular weight is 756 g/mol. The second-order valence-electron chi connectivity index (χ2n) is 15.3. The molecular weight excluding hydrogens is 702 g/mol. The van der Waals surface area contributed by atoms with Crippen molar-refractivity contribution in [3.8, 4) is 0 Å². The fourth-order valence-corrected chi connectivity index (χ4v) is 7.64. The number of nitrogens with zero attached hydrogens (tertiary/aromatic N) is 2. The highest BCUT2D eigenvalue weighted by Gasteiger charge is 2.49. The van der Waals surface area contributed by atoms with E-state index in [-0.39, 0.29) is 29.0 Å². The van der Waals surface area contributed by atoms with Crippen molar-refractivity contribution >= 4 is 29.8 Å². The Hall–Kier alpha value is -5.46. The van der Waals surface area contributed by atoms with Gasteiger partial charge >= 0.3 is 12.1 Å². The summed E-state index contributed by atoms with van der Waals surface area (Å²) in [5.74, 6) is -1.88. The number of piperidine rings is 1. The second kappa shape index (κ2) is 17.8. The van der Waals surface area contributed by atoms with E-state index in [9.17, 15) is 28.8 Å². The van der Waals surface area contributed by atoms with Gasteiger partial charge in [0.25, 0.3) is 11.5 Å². The number of unbranched alkanes of at least 4 members (excludes halogenated alkanes) is 1. The van der Waals surface area contributed by atoms with Gasteiger partial charge in [0.1, 0.15) is 17.2 Å². The Labute approximate surface area is 322 Å². The summed E-state index contributed by atoms with van der Waals surface area (Å²) in [6.07, 6.45) is 4.24. The van der Waals surface area contributed by atoms with E-state index in [1.54, 1.807) is 40.1 Å². The highest BCUT2D eigenvalue weighted by Crippen LogP contribution is 2.48. The molecule has 0 bridgehead atoms. The smallest absolute Gasteiger partial charge is 0.407 e. The molecule has 1 saturated heterocycles. The summed E-state index contributed by atoms with van der Waals surface area (Å²) in [7, 11) is 2.88. The van der Waals surface area contributed by atoms with Crippen molar-refractivity contribution < 1.29 is 33.4 Å². The van der Waals surface area contributed by atoms with Gasteiger partial charge < -0.3 is 34.9 Å². The number of carbonyl (C=O) groups is 5. The van der Waals surface area contributed by atoms with Crippen molar-refractivity contribution in [2.75, 3.05) is 26.7 Å². The number of fused-ring (bicyclic) bond motifs is 1. The summed E-state index contributed by atoms with van der Waals surface area (Å²) >= 11 is 0. The van der Waals surface area contributed by atoms with Gasteiger partial charge in [-0.2, -0.15) is 0 Å². The van der Waals surface area contributed by atoms with Gasteiger partial charge in [-0.25, -0.2) is 9.59 Å². The Morgan fingerprint density at radius 2 is 1.60 bits per heavy atom. The van der Waals surface area contributed by atoms with Crippen molar-refractivity contribution in [1.82, 2.24) is 25.4 Å². The normalized spacial score (nSPS) is 19.0. The van der Waals surface area contributed by atoms with Crippen LogP contribution < -0.4 is 21.5 Å². The van der Waals surface area contributed by atoms with Crippen LogP contribution in [0.4, 0.5) is 4.79 Å². The molecule has 4 amide bonds. The topological polar surface area (TPSA) is 165 Å². The predicted octanol–water partition coefficient (Wildman–Crippen LogP) is 4.32. The molecule has 294 valence electrons. The third-order valence-corrected chi connectivity index (χ3v) is 10.4. The number of rotatable bonds is 12. The van der Waals surface area contributed by atoms with Gasteiger partial charge in [0, 0.05) is 38.9 Å². The number of likely N-dealkylation sites (tertiary alicyclic amines) is 1. The van der Waals surface area contributed by atoms with Gasteiger partial charge in [-0.1, -0.05) is 54.6 Å². The average Bonchev–Trinajstić information content (AvgIpc) is 3.17. The third kappa shape index (κ3) is 9.62. The molecule has 0 saturated carbocycles. The highest BCUT2D eigenvalue weighted by atomic mass is 16.6. The van der Waals surface area contributed by atoms with Crippen molar-refractivity contribution in [3.63, 3.8) is 0 Å². The SMILES string of the molecule is COC(=O)[C@H](CCCCNC(=O)OC(C)(C)C)NC(=O)[C@@]1(c2ccccc2)CC[C@H](C(=O)N2CCC(NC(=O)c3cccn(C)c3=O)CC2)c2ccccc21. The largest absolute Gasteiger partial charge is 0.467 e. The molecule has 55 heavy (non-hydrogen) atoms. The van der Waals surface area contributed by atoms with E-state index in [0.717, 1.165) is 11.1 Å². The van der Waals surface area contributed by atoms with Crippen molar-refractivity contribution in [1.29, 1.82) is 0 Å². The van der Waals surface area contributed by atoms with Crippen molar-refractivity contribution in [3.05, 3.63) is 106 Å². The number of alkyl carbamates (subject to hydrolysis) is 1. The van der Waals surface area contributed by atoms with E-state index in [0.29, 0.717) is 70.1 Å². The Kier molecular flexibility index (Phi) is 13.2. The molecular formula is C42H53N5O8. The molecule has 13 nitrogen and oxygen atoms in total. The summed E-state index contributed by atoms with van der Waals surface area (Å²) in [5.41, 5.74) is 0.129. The Morgan fingerprint density at radius 1 is 0.909 bits per heavy atom. The van der Waals surface area contributed by atoms with Gasteiger partial charge in [-0.3, -0.25) is 19.2 Å². The number of carbonyl (C=O) groups excluding carboxylic acids is 5. The quantitative estimate of drug-likeness (QED) is 0.182. The van der Waals surface area contributed by atoms with E-state index in [1.807, 2.05) is 59.5 Å². The molecule has 1 fully saturated rings. The number of amides is 4. The number of pyridine rings is 1. The zero-order chi connectivity index (χ0) is 39.8. The summed E-state index contributed by atoms with van der Waals surface area (Å²) in [5, 5.41) is 8.71. The Bertz CT molecular complexity index is 1910. The first kappa shape index (κ1) is 40.7. The molecule has 2 heterocycles. The van der Waals surface area contributed by atoms with Crippen LogP contribution in [0.15, 0.2) is 77.7 Å². The maximum atomic E-state index is 14.7. The lowest BCUT2D eigenvalue weighted by molar-refractivity contribution is -0.146. The lowest BCUT2D eigenvalue weighted by Gasteiger charge is -2.43. The molecule has 0 unspecified atom stereocenters. The number of esters is 1. The maximum absolute atomic E-state index is 14.7. The van der Waals surface area contributed by atoms with Crippen LogP contribution >= 0.6 is 0 Å². The van der Waals surface area contributed by atoms with E-state index >= 15 is 0 Å². The zero-order valence-corrected chi connectivity index (χ0v) is 32.4. The summed E-state index contributed by atoms with van der Waals surface area (Å²) in [6, 6.07) is 19.0. The van der Waals surface area contributed by atoms with E-state index in [1.165, 1.54) is 17.7 Å². The minimum atomic E-state index is -1.19. The minimum absolute atomic E-state index is 0.0383. The molecule has 2 aromatic carbocycles. The molecule has 3 aromatic rings. The number of aryl methyl sites for hydroxylation is 1. The van der Waals surface area contributed by atoms with Gasteiger partial charge in [-0.05, 0) is 94.5 Å². The monoisotopic (exact) mass is 755 g/mol. The van der Waals surface area contributed by atoms with Crippen LogP contribution in [0.2, 0.25) is 0 Å². The zero-order valence-electron chi connectivity index (χ0n) is 32.4. The Morgan fingerprint density at radius 3 is 2.29 bits per heavy atom. The maximum Gasteiger partial charge on any atom is 0.407 e. The fraction of sp³-hybridized carbons (Fsp3) is 0.476. The molecule has 1 aliphatic heterocycles. The molecule has 5 rings (SSSR count). The standard InChI is InChI=1S/C42H53N5O8/c1-41(2,3)55-40(53)43-24-12-11-19-34(38(51)54-5)45-39(52)42(28-14-7-6-8-15-28)23-20-31(30-16-9-10-18-33(30)42)37(50)47-26-21-29(22-27-47)44-35(48)32-17-13-25-46(4)36(32)49/h6-10,13-18,25,29,31,34H,11-12,19-24,26-27H2,1-5H3,(H,43,53)(H,44,48)(H,45,52)/t31-,34-,42+/m0/s1. The number of ether oxygens (including phenoxy) is 2. The van der Waals surface area contributed by atoms with Crippen molar-refractivity contribution in [2.45, 2.75) is 94.7 Å². The minimum Gasteiger partial charge on any atom is -0.467 e. The van der Waals surface area contributed by atoms with E-state index in [4.69, 9.17) is 9.47 Å². The van der Waals surface area contributed by atoms with Crippen LogP contribution in [0.25, 0.3) is 0 Å². The predicted molar refractivity (Wildman–Crippen MR) is 206 cm³/mol. The number of benzene rings is 2. The number of hydrogen-bond acceptors (Lipinski definition) is 8. The number of hydrogen-bond donors (Lipinski definition) is 3. The highest BCUT2D eigenvalue weighted by molar-refractivity contribution is 5.97. The second-order valence-corrected chi connectivity index (χ2v) is 15.3. The third-order valence-electron chi connectivity index (χ3n) is 10.4. The molecule has 1 aliphatic carbocycles. The first-order valence-electron chi connectivity index (χ1n) is 19.0. The number of aromatic nitrogens is 1. The van der Waals surface area contributed by atoms with Crippen LogP contribution in [-0.4, -0.2) is 83.7 Å². The van der Waals surface area contributed by atoms with Gasteiger partial charge in [0.2, 0.25) is 11.8 Å². The summed E-state index contributed by atoms with van der Waals surface area (Å²) in [6.45, 7) is 6.58. The molecule has 1 aromatic heterocycles. The lowest BCUT2D eigenvalue weighted by Crippen LogP contribution is -2.54. The summed E-state index contributed by atoms with van der Waals surface area (Å²) in [4.78, 5) is 81.2. The van der Waals surface area contributed by atoms with Gasteiger partial charge in [0.15, 0.2) is 0 Å². The number of nitrogens with one attached hydrogen (secondary N) is 3. The van der Waals surface area contributed by atoms with Crippen LogP contribution in [0.5, 0.6) is 0 Å². The molecule has 3 N–H and O–H groups in total. The van der Waals surface area contributed by atoms with Crippen LogP contribution in [0.3, 0.4) is 0 Å².